The molecule has 72 heavy (non-hydrogen) atoms. The van der Waals surface area contributed by atoms with E-state index in [-0.39, 0.29) is 25.2 Å². The van der Waals surface area contributed by atoms with Gasteiger partial charge >= 0.3 is 11.9 Å². The van der Waals surface area contributed by atoms with Crippen molar-refractivity contribution in [2.45, 2.75) is 354 Å². The topological polar surface area (TPSA) is 72.8 Å². The molecule has 0 radical (unpaired) electrons. The van der Waals surface area contributed by atoms with Crippen LogP contribution in [0.5, 0.6) is 0 Å². The third-order valence-electron chi connectivity index (χ3n) is 14.6. The molecule has 0 amide bonds. The molecule has 0 bridgehead atoms. The van der Waals surface area contributed by atoms with Gasteiger partial charge in [0, 0.05) is 12.8 Å². The smallest absolute Gasteiger partial charge is 0.306 e. The highest BCUT2D eigenvalue weighted by Gasteiger charge is 2.16. The highest BCUT2D eigenvalue weighted by atomic mass is 16.6. The maximum absolute atomic E-state index is 12.3. The summed E-state index contributed by atoms with van der Waals surface area (Å²) in [6.07, 6.45) is 84.2. The Kier molecular flexibility index (Phi) is 61.3. The maximum atomic E-state index is 12.3. The Balaban J connectivity index is 3.40. The minimum absolute atomic E-state index is 0.0683. The minimum Gasteiger partial charge on any atom is -0.462 e. The van der Waals surface area contributed by atoms with Crippen LogP contribution in [-0.4, -0.2) is 36.4 Å². The number of aliphatic hydroxyl groups is 1. The molecule has 0 spiro atoms. The van der Waals surface area contributed by atoms with Crippen LogP contribution in [0.2, 0.25) is 0 Å². The lowest BCUT2D eigenvalue weighted by Crippen LogP contribution is -2.28. The van der Waals surface area contributed by atoms with Gasteiger partial charge in [-0.15, -0.1) is 0 Å². The van der Waals surface area contributed by atoms with Crippen molar-refractivity contribution in [1.82, 2.24) is 0 Å². The first-order valence-corrected chi connectivity index (χ1v) is 32.2. The summed E-state index contributed by atoms with van der Waals surface area (Å²) in [5.74, 6) is -0.590. The van der Waals surface area contributed by atoms with E-state index in [0.29, 0.717) is 12.8 Å². The molecule has 0 aromatic rings. The zero-order valence-electron chi connectivity index (χ0n) is 48.5. The SMILES string of the molecule is CCCCCCC/C=C\C/C=C\C/C=C\CCCCCCCCC(=O)OC(CO)COC(=O)CCCCCCCCCCCCCCCCCCCCCCCCCCC/C=C\CCCCCCCCCC. The van der Waals surface area contributed by atoms with Gasteiger partial charge < -0.3 is 14.6 Å². The molecule has 1 N–H and O–H groups in total. The van der Waals surface area contributed by atoms with E-state index < -0.39 is 6.10 Å². The third kappa shape index (κ3) is 60.4. The summed E-state index contributed by atoms with van der Waals surface area (Å²) in [6.45, 7) is 4.16. The van der Waals surface area contributed by atoms with Crippen LogP contribution in [0.3, 0.4) is 0 Å². The van der Waals surface area contributed by atoms with Gasteiger partial charge in [-0.05, 0) is 77.0 Å². The van der Waals surface area contributed by atoms with Crippen molar-refractivity contribution < 1.29 is 24.2 Å². The van der Waals surface area contributed by atoms with Crippen molar-refractivity contribution in [3.63, 3.8) is 0 Å². The van der Waals surface area contributed by atoms with E-state index >= 15 is 0 Å². The number of rotatable bonds is 60. The van der Waals surface area contributed by atoms with Gasteiger partial charge in [0.2, 0.25) is 0 Å². The number of unbranched alkanes of at least 4 members (excludes halogenated alkanes) is 44. The van der Waals surface area contributed by atoms with E-state index in [0.717, 1.165) is 57.8 Å². The number of carbonyl (C=O) groups is 2. The number of hydrogen-bond donors (Lipinski definition) is 1. The van der Waals surface area contributed by atoms with Gasteiger partial charge in [-0.1, -0.05) is 306 Å². The molecule has 0 aromatic carbocycles. The first-order chi connectivity index (χ1) is 35.6. The average Bonchev–Trinajstić information content (AvgIpc) is 3.38. The molecule has 422 valence electrons. The summed E-state index contributed by atoms with van der Waals surface area (Å²) in [5, 5.41) is 9.66. The quantitative estimate of drug-likeness (QED) is 0.0373. The Bertz CT molecular complexity index is 1190. The lowest BCUT2D eigenvalue weighted by Gasteiger charge is -2.15. The van der Waals surface area contributed by atoms with Crippen LogP contribution >= 0.6 is 0 Å². The number of hydrogen-bond acceptors (Lipinski definition) is 5. The van der Waals surface area contributed by atoms with Crippen molar-refractivity contribution in [2.24, 2.45) is 0 Å². The first-order valence-electron chi connectivity index (χ1n) is 32.2. The second-order valence-corrected chi connectivity index (χ2v) is 21.8. The normalized spacial score (nSPS) is 12.4. The monoisotopic (exact) mass is 1010 g/mol. The van der Waals surface area contributed by atoms with Crippen LogP contribution in [-0.2, 0) is 19.1 Å². The van der Waals surface area contributed by atoms with E-state index in [1.165, 1.54) is 263 Å². The molecule has 0 saturated heterocycles. The van der Waals surface area contributed by atoms with Crippen LogP contribution in [0.15, 0.2) is 48.6 Å². The van der Waals surface area contributed by atoms with Crippen molar-refractivity contribution in [3.05, 3.63) is 48.6 Å². The summed E-state index contributed by atoms with van der Waals surface area (Å²) in [4.78, 5) is 24.6. The molecule has 0 rings (SSSR count). The van der Waals surface area contributed by atoms with Crippen molar-refractivity contribution >= 4 is 11.9 Å². The van der Waals surface area contributed by atoms with Gasteiger partial charge in [-0.3, -0.25) is 9.59 Å². The van der Waals surface area contributed by atoms with Gasteiger partial charge in [0.05, 0.1) is 6.61 Å². The van der Waals surface area contributed by atoms with E-state index in [1.54, 1.807) is 0 Å². The van der Waals surface area contributed by atoms with E-state index in [2.05, 4.69) is 62.5 Å². The van der Waals surface area contributed by atoms with Crippen molar-refractivity contribution in [3.8, 4) is 0 Å². The molecular formula is C67H124O5. The number of esters is 2. The molecule has 0 saturated carbocycles. The standard InChI is InChI=1S/C67H124O5/c1-3-5-7-9-11-13-15-17-19-21-23-25-26-27-28-29-30-31-32-33-34-35-36-37-38-39-40-42-43-45-47-49-51-53-55-57-59-61-66(69)71-64-65(63-68)72-67(70)62-60-58-56-54-52-50-48-46-44-41-24-22-20-18-16-14-12-10-8-6-4-2/h16,18,21-24,44,46,65,68H,3-15,17,19-20,25-43,45,47-64H2,1-2H3/b18-16-,23-21-,24-22-,46-44-. The third-order valence-corrected chi connectivity index (χ3v) is 14.6. The molecule has 5 heteroatoms. The van der Waals surface area contributed by atoms with Crippen LogP contribution in [0.1, 0.15) is 348 Å². The Morgan fingerprint density at radius 3 is 0.847 bits per heavy atom. The summed E-state index contributed by atoms with van der Waals surface area (Å²) < 4.78 is 10.7. The summed E-state index contributed by atoms with van der Waals surface area (Å²) in [6, 6.07) is 0. The molecule has 1 atom stereocenters. The Labute approximate surface area is 449 Å². The molecule has 0 aliphatic rings. The minimum atomic E-state index is -0.779. The number of aliphatic hydroxyl groups excluding tert-OH is 1. The summed E-state index contributed by atoms with van der Waals surface area (Å²) >= 11 is 0. The number of ether oxygens (including phenoxy) is 2. The van der Waals surface area contributed by atoms with Gasteiger partial charge in [0.25, 0.3) is 0 Å². The molecule has 0 aliphatic carbocycles. The van der Waals surface area contributed by atoms with E-state index in [4.69, 9.17) is 9.47 Å². The average molecular weight is 1010 g/mol. The molecule has 0 fully saturated rings. The second kappa shape index (κ2) is 63.2. The lowest BCUT2D eigenvalue weighted by atomic mass is 10.0. The molecule has 1 unspecified atom stereocenters. The Morgan fingerprint density at radius 1 is 0.319 bits per heavy atom. The second-order valence-electron chi connectivity index (χ2n) is 21.8. The number of allylic oxidation sites excluding steroid dienone is 8. The van der Waals surface area contributed by atoms with Gasteiger partial charge in [-0.25, -0.2) is 0 Å². The predicted octanol–water partition coefficient (Wildman–Crippen LogP) is 22.0. The van der Waals surface area contributed by atoms with Gasteiger partial charge in [-0.2, -0.15) is 0 Å². The predicted molar refractivity (Wildman–Crippen MR) is 316 cm³/mol. The van der Waals surface area contributed by atoms with E-state index in [1.807, 2.05) is 0 Å². The van der Waals surface area contributed by atoms with Crippen LogP contribution in [0.4, 0.5) is 0 Å². The fraction of sp³-hybridized carbons (Fsp3) is 0.851. The Morgan fingerprint density at radius 2 is 0.556 bits per heavy atom. The fourth-order valence-electron chi connectivity index (χ4n) is 9.74. The zero-order chi connectivity index (χ0) is 52.0. The van der Waals surface area contributed by atoms with Gasteiger partial charge in [0.1, 0.15) is 6.61 Å². The first kappa shape index (κ1) is 69.9. The van der Waals surface area contributed by atoms with E-state index in [9.17, 15) is 14.7 Å². The summed E-state index contributed by atoms with van der Waals surface area (Å²) in [5.41, 5.74) is 0. The zero-order valence-corrected chi connectivity index (χ0v) is 48.5. The molecular weight excluding hydrogens is 885 g/mol. The van der Waals surface area contributed by atoms with Gasteiger partial charge in [0.15, 0.2) is 6.10 Å². The Hall–Kier alpha value is -2.14. The van der Waals surface area contributed by atoms with Crippen LogP contribution in [0.25, 0.3) is 0 Å². The molecule has 0 aromatic heterocycles. The maximum Gasteiger partial charge on any atom is 0.306 e. The summed E-state index contributed by atoms with van der Waals surface area (Å²) in [7, 11) is 0. The van der Waals surface area contributed by atoms with Crippen molar-refractivity contribution in [2.75, 3.05) is 13.2 Å². The molecule has 5 nitrogen and oxygen atoms in total. The lowest BCUT2D eigenvalue weighted by molar-refractivity contribution is -0.161. The number of carbonyl (C=O) groups excluding carboxylic acids is 2. The highest BCUT2D eigenvalue weighted by Crippen LogP contribution is 2.18. The molecule has 0 heterocycles. The fourth-order valence-corrected chi connectivity index (χ4v) is 9.74. The highest BCUT2D eigenvalue weighted by molar-refractivity contribution is 5.70. The van der Waals surface area contributed by atoms with Crippen LogP contribution < -0.4 is 0 Å². The van der Waals surface area contributed by atoms with Crippen molar-refractivity contribution in [1.29, 1.82) is 0 Å². The largest absolute Gasteiger partial charge is 0.462 e. The van der Waals surface area contributed by atoms with Crippen LogP contribution in [0, 0.1) is 0 Å². The molecule has 0 aliphatic heterocycles.